The van der Waals surface area contributed by atoms with Gasteiger partial charge in [0.2, 0.25) is 0 Å². The van der Waals surface area contributed by atoms with Gasteiger partial charge in [0.1, 0.15) is 11.6 Å². The lowest BCUT2D eigenvalue weighted by atomic mass is 10.5. The molecule has 5 heteroatoms. The maximum Gasteiger partial charge on any atom is 0.293 e. The van der Waals surface area contributed by atoms with Crippen molar-refractivity contribution in [1.82, 2.24) is 4.98 Å². The predicted molar refractivity (Wildman–Crippen MR) is 42.5 cm³/mol. The number of thiazole rings is 1. The molecule has 0 aliphatic carbocycles. The molecule has 11 heavy (non-hydrogen) atoms. The van der Waals surface area contributed by atoms with Gasteiger partial charge in [-0.1, -0.05) is 0 Å². The molecule has 0 aliphatic heterocycles. The summed E-state index contributed by atoms with van der Waals surface area (Å²) in [4.78, 5) is 13.9. The minimum atomic E-state index is 0.233. The smallest absolute Gasteiger partial charge is 0.293 e. The molecule has 60 valence electrons. The highest BCUT2D eigenvalue weighted by Gasteiger charge is 1.99. The number of carbonyl (C=O) groups is 1. The fourth-order valence-electron chi connectivity index (χ4n) is 0.596. The second-order valence-electron chi connectivity index (χ2n) is 1.77. The zero-order valence-electron chi connectivity index (χ0n) is 5.62. The summed E-state index contributed by atoms with van der Waals surface area (Å²) in [5.41, 5.74) is 0.748. The molecule has 3 nitrogen and oxygen atoms in total. The number of halogens is 1. The van der Waals surface area contributed by atoms with E-state index in [2.05, 4.69) is 9.72 Å². The van der Waals surface area contributed by atoms with E-state index in [4.69, 9.17) is 11.6 Å². The van der Waals surface area contributed by atoms with Crippen molar-refractivity contribution in [2.45, 2.75) is 12.5 Å². The van der Waals surface area contributed by atoms with E-state index in [-0.39, 0.29) is 6.61 Å². The number of carbonyl (C=O) groups excluding carboxylic acids is 1. The minimum absolute atomic E-state index is 0.233. The van der Waals surface area contributed by atoms with Gasteiger partial charge in [-0.25, -0.2) is 4.98 Å². The Morgan fingerprint density at radius 3 is 3.18 bits per heavy atom. The molecule has 1 heterocycles. The van der Waals surface area contributed by atoms with Crippen LogP contribution in [0.15, 0.2) is 5.38 Å². The van der Waals surface area contributed by atoms with E-state index in [1.807, 2.05) is 5.38 Å². The lowest BCUT2D eigenvalue weighted by Crippen LogP contribution is -1.90. The highest BCUT2D eigenvalue weighted by Crippen LogP contribution is 2.12. The van der Waals surface area contributed by atoms with Crippen LogP contribution in [0.4, 0.5) is 0 Å². The third kappa shape index (κ3) is 2.48. The molecule has 0 amide bonds. The van der Waals surface area contributed by atoms with Crippen molar-refractivity contribution in [3.8, 4) is 0 Å². The van der Waals surface area contributed by atoms with Gasteiger partial charge in [-0.05, 0) is 0 Å². The zero-order chi connectivity index (χ0) is 8.10. The first-order chi connectivity index (χ1) is 5.36. The van der Waals surface area contributed by atoms with Crippen molar-refractivity contribution in [3.63, 3.8) is 0 Å². The van der Waals surface area contributed by atoms with Gasteiger partial charge in [-0.3, -0.25) is 4.79 Å². The van der Waals surface area contributed by atoms with Crippen molar-refractivity contribution in [2.75, 3.05) is 0 Å². The second kappa shape index (κ2) is 4.31. The van der Waals surface area contributed by atoms with Crippen LogP contribution in [0.2, 0.25) is 0 Å². The third-order valence-corrected chi connectivity index (χ3v) is 2.32. The standard InChI is InChI=1S/C6H6ClNO2S/c7-1-6-8-5(3-11-6)2-10-4-9/h3-4H,1-2H2. The summed E-state index contributed by atoms with van der Waals surface area (Å²) in [5, 5.41) is 2.66. The maximum absolute atomic E-state index is 9.78. The van der Waals surface area contributed by atoms with E-state index in [1.54, 1.807) is 0 Å². The molecule has 0 fully saturated rings. The SMILES string of the molecule is O=COCc1csc(CCl)n1. The minimum Gasteiger partial charge on any atom is -0.461 e. The molecular weight excluding hydrogens is 186 g/mol. The van der Waals surface area contributed by atoms with Gasteiger partial charge in [-0.15, -0.1) is 22.9 Å². The number of hydrogen-bond acceptors (Lipinski definition) is 4. The van der Waals surface area contributed by atoms with Gasteiger partial charge in [-0.2, -0.15) is 0 Å². The predicted octanol–water partition coefficient (Wildman–Crippen LogP) is 1.55. The van der Waals surface area contributed by atoms with Gasteiger partial charge in [0.25, 0.3) is 6.47 Å². The van der Waals surface area contributed by atoms with E-state index in [9.17, 15) is 4.79 Å². The fourth-order valence-corrected chi connectivity index (χ4v) is 1.47. The summed E-state index contributed by atoms with van der Waals surface area (Å²) in [6.07, 6.45) is 0. The van der Waals surface area contributed by atoms with Gasteiger partial charge in [0.05, 0.1) is 11.6 Å². The number of alkyl halides is 1. The lowest BCUT2D eigenvalue weighted by molar-refractivity contribution is -0.129. The third-order valence-electron chi connectivity index (χ3n) is 1.01. The van der Waals surface area contributed by atoms with Crippen LogP contribution in [-0.2, 0) is 22.0 Å². The summed E-state index contributed by atoms with van der Waals surface area (Å²) in [7, 11) is 0. The molecule has 1 rings (SSSR count). The lowest BCUT2D eigenvalue weighted by Gasteiger charge is -1.90. The summed E-state index contributed by atoms with van der Waals surface area (Å²) in [5.74, 6) is 0.408. The van der Waals surface area contributed by atoms with Crippen molar-refractivity contribution < 1.29 is 9.53 Å². The Kier molecular flexibility index (Phi) is 3.32. The molecule has 0 N–H and O–H groups in total. The molecule has 0 atom stereocenters. The zero-order valence-corrected chi connectivity index (χ0v) is 7.19. The Morgan fingerprint density at radius 1 is 1.82 bits per heavy atom. The van der Waals surface area contributed by atoms with Gasteiger partial charge >= 0.3 is 0 Å². The molecule has 0 unspecified atom stereocenters. The molecule has 0 spiro atoms. The first kappa shape index (κ1) is 8.49. The van der Waals surface area contributed by atoms with Crippen LogP contribution in [0.1, 0.15) is 10.7 Å². The van der Waals surface area contributed by atoms with E-state index >= 15 is 0 Å². The van der Waals surface area contributed by atoms with Crippen LogP contribution in [-0.4, -0.2) is 11.5 Å². The summed E-state index contributed by atoms with van der Waals surface area (Å²) < 4.78 is 4.50. The van der Waals surface area contributed by atoms with Crippen molar-refractivity contribution >= 4 is 29.4 Å². The maximum atomic E-state index is 9.78. The normalized spacial score (nSPS) is 9.55. The topological polar surface area (TPSA) is 39.2 Å². The van der Waals surface area contributed by atoms with Gasteiger partial charge < -0.3 is 4.74 Å². The van der Waals surface area contributed by atoms with Crippen LogP contribution in [0.3, 0.4) is 0 Å². The average molecular weight is 192 g/mol. The Morgan fingerprint density at radius 2 is 2.64 bits per heavy atom. The Balaban J connectivity index is 2.50. The molecule has 0 bridgehead atoms. The van der Waals surface area contributed by atoms with Gasteiger partial charge in [0, 0.05) is 5.38 Å². The molecule has 0 saturated carbocycles. The summed E-state index contributed by atoms with van der Waals surface area (Å²) >= 11 is 6.97. The highest BCUT2D eigenvalue weighted by molar-refractivity contribution is 7.09. The molecule has 0 radical (unpaired) electrons. The Hall–Kier alpha value is -0.610. The van der Waals surface area contributed by atoms with Crippen LogP contribution >= 0.6 is 22.9 Å². The van der Waals surface area contributed by atoms with E-state index in [0.29, 0.717) is 12.4 Å². The van der Waals surface area contributed by atoms with Gasteiger partial charge in [0.15, 0.2) is 0 Å². The number of nitrogens with zero attached hydrogens (tertiary/aromatic N) is 1. The Bertz CT molecular complexity index is 238. The molecular formula is C6H6ClNO2S. The van der Waals surface area contributed by atoms with Crippen molar-refractivity contribution in [3.05, 3.63) is 16.1 Å². The van der Waals surface area contributed by atoms with Crippen LogP contribution in [0.25, 0.3) is 0 Å². The van der Waals surface area contributed by atoms with Crippen molar-refractivity contribution in [2.24, 2.45) is 0 Å². The molecule has 0 aliphatic rings. The van der Waals surface area contributed by atoms with Crippen molar-refractivity contribution in [1.29, 1.82) is 0 Å². The number of rotatable bonds is 4. The van der Waals surface area contributed by atoms with Crippen LogP contribution < -0.4 is 0 Å². The first-order valence-corrected chi connectivity index (χ1v) is 4.32. The van der Waals surface area contributed by atoms with E-state index in [0.717, 1.165) is 10.7 Å². The van der Waals surface area contributed by atoms with E-state index < -0.39 is 0 Å². The summed E-state index contributed by atoms with van der Waals surface area (Å²) in [6, 6.07) is 0. The highest BCUT2D eigenvalue weighted by atomic mass is 35.5. The number of hydrogen-bond donors (Lipinski definition) is 0. The monoisotopic (exact) mass is 191 g/mol. The van der Waals surface area contributed by atoms with Crippen LogP contribution in [0, 0.1) is 0 Å². The quantitative estimate of drug-likeness (QED) is 0.536. The van der Waals surface area contributed by atoms with Crippen LogP contribution in [0.5, 0.6) is 0 Å². The average Bonchev–Trinajstić information content (AvgIpc) is 2.48. The first-order valence-electron chi connectivity index (χ1n) is 2.91. The molecule has 0 saturated heterocycles. The molecule has 1 aromatic heterocycles. The molecule has 1 aromatic rings. The summed E-state index contributed by atoms with van der Waals surface area (Å²) in [6.45, 7) is 0.636. The number of ether oxygens (including phenoxy) is 1. The largest absolute Gasteiger partial charge is 0.461 e. The second-order valence-corrected chi connectivity index (χ2v) is 2.98. The number of aromatic nitrogens is 1. The molecule has 0 aromatic carbocycles. The fraction of sp³-hybridized carbons (Fsp3) is 0.333. The Labute approximate surface area is 73.0 Å². The van der Waals surface area contributed by atoms with E-state index in [1.165, 1.54) is 11.3 Å².